The number of aromatic nitrogens is 1. The summed E-state index contributed by atoms with van der Waals surface area (Å²) in [4.78, 5) is 14.2. The van der Waals surface area contributed by atoms with Crippen LogP contribution in [0.1, 0.15) is 36.3 Å². The number of aryl methyl sites for hydroxylation is 2. The van der Waals surface area contributed by atoms with Gasteiger partial charge in [0.05, 0.1) is 11.7 Å². The molecule has 2 aromatic rings. The molecule has 0 spiro atoms. The molecule has 1 fully saturated rings. The molecule has 26 heavy (non-hydrogen) atoms. The van der Waals surface area contributed by atoms with Crippen molar-refractivity contribution < 1.29 is 19.2 Å². The van der Waals surface area contributed by atoms with E-state index in [2.05, 4.69) is 5.16 Å². The first-order valence-corrected chi connectivity index (χ1v) is 9.04. The summed E-state index contributed by atoms with van der Waals surface area (Å²) in [6.45, 7) is 3.74. The van der Waals surface area contributed by atoms with Crippen LogP contribution in [0.4, 0.5) is 0 Å². The zero-order valence-corrected chi connectivity index (χ0v) is 15.5. The number of aliphatic hydroxyl groups excluding tert-OH is 1. The van der Waals surface area contributed by atoms with Crippen LogP contribution in [-0.4, -0.2) is 46.4 Å². The topological polar surface area (TPSA) is 75.8 Å². The minimum Gasteiger partial charge on any atom is -0.488 e. The van der Waals surface area contributed by atoms with Crippen LogP contribution in [0.3, 0.4) is 0 Å². The number of aliphatic hydroxyl groups is 1. The summed E-state index contributed by atoms with van der Waals surface area (Å²) in [6, 6.07) is 9.25. The van der Waals surface area contributed by atoms with Gasteiger partial charge in [0.2, 0.25) is 5.91 Å². The fourth-order valence-electron chi connectivity index (χ4n) is 3.60. The maximum Gasteiger partial charge on any atom is 0.222 e. The lowest BCUT2D eigenvalue weighted by Crippen LogP contribution is -2.45. The molecule has 1 aromatic heterocycles. The van der Waals surface area contributed by atoms with E-state index in [1.54, 1.807) is 11.9 Å². The fraction of sp³-hybridized carbons (Fsp3) is 0.500. The molecule has 1 aliphatic rings. The second-order valence-corrected chi connectivity index (χ2v) is 6.91. The van der Waals surface area contributed by atoms with Gasteiger partial charge in [0.1, 0.15) is 23.7 Å². The Morgan fingerprint density at radius 3 is 2.69 bits per heavy atom. The molecule has 0 radical (unpaired) electrons. The molecule has 0 saturated heterocycles. The Hall–Kier alpha value is -2.34. The zero-order chi connectivity index (χ0) is 18.7. The molecule has 0 aliphatic heterocycles. The van der Waals surface area contributed by atoms with E-state index in [0.29, 0.717) is 12.8 Å². The summed E-state index contributed by atoms with van der Waals surface area (Å²) < 4.78 is 11.0. The normalized spacial score (nSPS) is 22.4. The highest BCUT2D eigenvalue weighted by Crippen LogP contribution is 2.28. The fourth-order valence-corrected chi connectivity index (χ4v) is 3.60. The summed E-state index contributed by atoms with van der Waals surface area (Å²) in [5, 5.41) is 14.5. The number of amides is 1. The molecule has 3 atom stereocenters. The number of carbonyl (C=O) groups excluding carboxylic acids is 1. The zero-order valence-electron chi connectivity index (χ0n) is 15.5. The first kappa shape index (κ1) is 18.5. The third-order valence-electron chi connectivity index (χ3n) is 5.21. The van der Waals surface area contributed by atoms with Crippen LogP contribution < -0.4 is 4.74 Å². The lowest BCUT2D eigenvalue weighted by molar-refractivity contribution is -0.134. The van der Waals surface area contributed by atoms with Crippen LogP contribution in [0.2, 0.25) is 0 Å². The van der Waals surface area contributed by atoms with Gasteiger partial charge in [-0.1, -0.05) is 23.4 Å². The summed E-state index contributed by atoms with van der Waals surface area (Å²) in [5.41, 5.74) is 1.82. The van der Waals surface area contributed by atoms with Gasteiger partial charge in [-0.2, -0.15) is 0 Å². The van der Waals surface area contributed by atoms with Gasteiger partial charge in [-0.25, -0.2) is 0 Å². The highest BCUT2D eigenvalue weighted by Gasteiger charge is 2.40. The molecule has 0 bridgehead atoms. The number of carbonyl (C=O) groups is 1. The Balaban J connectivity index is 1.55. The Bertz CT molecular complexity index is 724. The number of benzene rings is 1. The van der Waals surface area contributed by atoms with E-state index in [9.17, 15) is 9.90 Å². The van der Waals surface area contributed by atoms with Crippen molar-refractivity contribution in [3.63, 3.8) is 0 Å². The van der Waals surface area contributed by atoms with Gasteiger partial charge in [-0.15, -0.1) is 0 Å². The van der Waals surface area contributed by atoms with Crippen molar-refractivity contribution in [2.24, 2.45) is 0 Å². The summed E-state index contributed by atoms with van der Waals surface area (Å²) in [5.74, 6) is 1.51. The van der Waals surface area contributed by atoms with E-state index in [4.69, 9.17) is 9.26 Å². The Kier molecular flexibility index (Phi) is 5.61. The minimum atomic E-state index is -0.691. The predicted octanol–water partition coefficient (Wildman–Crippen LogP) is 2.65. The number of hydrogen-bond acceptors (Lipinski definition) is 5. The number of likely N-dealkylation sites (N-methyl/N-ethyl adjacent to an activating group) is 1. The predicted molar refractivity (Wildman–Crippen MR) is 97.0 cm³/mol. The van der Waals surface area contributed by atoms with Crippen LogP contribution in [-0.2, 0) is 11.2 Å². The molecule has 6 nitrogen and oxygen atoms in total. The van der Waals surface area contributed by atoms with Crippen LogP contribution in [0.25, 0.3) is 0 Å². The highest BCUT2D eigenvalue weighted by atomic mass is 16.5. The van der Waals surface area contributed by atoms with Crippen LogP contribution in [0.5, 0.6) is 5.75 Å². The summed E-state index contributed by atoms with van der Waals surface area (Å²) in [7, 11) is 1.76. The van der Waals surface area contributed by atoms with Gasteiger partial charge >= 0.3 is 0 Å². The second kappa shape index (κ2) is 7.91. The minimum absolute atomic E-state index is 0.00871. The van der Waals surface area contributed by atoms with E-state index >= 15 is 0 Å². The molecule has 3 rings (SSSR count). The Labute approximate surface area is 153 Å². The SMILES string of the molecule is Cc1noc(C)c1CCC(=O)N(C)[C@@H]1CC[C@@H](Oc2ccccc2)[C@@H]1O. The van der Waals surface area contributed by atoms with E-state index in [1.807, 2.05) is 44.2 Å². The van der Waals surface area contributed by atoms with Gasteiger partial charge in [-0.3, -0.25) is 4.79 Å². The van der Waals surface area contributed by atoms with E-state index in [-0.39, 0.29) is 18.1 Å². The molecule has 1 aliphatic carbocycles. The Morgan fingerprint density at radius 2 is 2.04 bits per heavy atom. The van der Waals surface area contributed by atoms with Gasteiger partial charge in [0.15, 0.2) is 0 Å². The number of rotatable bonds is 6. The maximum absolute atomic E-state index is 12.6. The quantitative estimate of drug-likeness (QED) is 0.859. The van der Waals surface area contributed by atoms with Crippen LogP contribution in [0, 0.1) is 13.8 Å². The number of ether oxygens (including phenoxy) is 1. The Morgan fingerprint density at radius 1 is 1.31 bits per heavy atom. The van der Waals surface area contributed by atoms with Crippen molar-refractivity contribution in [3.8, 4) is 5.75 Å². The van der Waals surface area contributed by atoms with Crippen LogP contribution in [0.15, 0.2) is 34.9 Å². The second-order valence-electron chi connectivity index (χ2n) is 6.91. The number of hydrogen-bond donors (Lipinski definition) is 1. The monoisotopic (exact) mass is 358 g/mol. The first-order valence-electron chi connectivity index (χ1n) is 9.04. The lowest BCUT2D eigenvalue weighted by Gasteiger charge is -2.29. The number of nitrogens with zero attached hydrogens (tertiary/aromatic N) is 2. The van der Waals surface area contributed by atoms with E-state index in [1.165, 1.54) is 0 Å². The standard InChI is InChI=1S/C20H26N2O4/c1-13-16(14(2)26-21-13)9-12-19(23)22(3)17-10-11-18(20(17)24)25-15-7-5-4-6-8-15/h4-8,17-18,20,24H,9-12H2,1-3H3/t17-,18-,20-/m1/s1. The van der Waals surface area contributed by atoms with E-state index < -0.39 is 6.10 Å². The van der Waals surface area contributed by atoms with Crippen molar-refractivity contribution in [1.82, 2.24) is 10.1 Å². The van der Waals surface area contributed by atoms with Crippen molar-refractivity contribution in [3.05, 3.63) is 47.3 Å². The average molecular weight is 358 g/mol. The molecular formula is C20H26N2O4. The molecule has 1 saturated carbocycles. The summed E-state index contributed by atoms with van der Waals surface area (Å²) >= 11 is 0. The van der Waals surface area contributed by atoms with Gasteiger partial charge < -0.3 is 19.3 Å². The first-order chi connectivity index (χ1) is 12.5. The molecule has 0 unspecified atom stereocenters. The molecule has 1 N–H and O–H groups in total. The van der Waals surface area contributed by atoms with Crippen molar-refractivity contribution >= 4 is 5.91 Å². The lowest BCUT2D eigenvalue weighted by atomic mass is 10.1. The molecule has 6 heteroatoms. The van der Waals surface area contributed by atoms with E-state index in [0.717, 1.165) is 35.6 Å². The molecule has 140 valence electrons. The highest BCUT2D eigenvalue weighted by molar-refractivity contribution is 5.76. The third-order valence-corrected chi connectivity index (χ3v) is 5.21. The molecule has 1 heterocycles. The van der Waals surface area contributed by atoms with Crippen molar-refractivity contribution in [2.45, 2.75) is 57.8 Å². The summed E-state index contributed by atoms with van der Waals surface area (Å²) in [6.07, 6.45) is 1.43. The molecule has 1 aromatic carbocycles. The number of para-hydroxylation sites is 1. The van der Waals surface area contributed by atoms with Gasteiger partial charge in [-0.05, 0) is 45.2 Å². The van der Waals surface area contributed by atoms with Crippen LogP contribution >= 0.6 is 0 Å². The van der Waals surface area contributed by atoms with Crippen molar-refractivity contribution in [1.29, 1.82) is 0 Å². The maximum atomic E-state index is 12.6. The molecule has 1 amide bonds. The average Bonchev–Trinajstić information content (AvgIpc) is 3.16. The smallest absolute Gasteiger partial charge is 0.222 e. The third kappa shape index (κ3) is 3.90. The van der Waals surface area contributed by atoms with Crippen molar-refractivity contribution in [2.75, 3.05) is 7.05 Å². The van der Waals surface area contributed by atoms with Gasteiger partial charge in [0.25, 0.3) is 0 Å². The molecular weight excluding hydrogens is 332 g/mol. The largest absolute Gasteiger partial charge is 0.488 e. The van der Waals surface area contributed by atoms with Gasteiger partial charge in [0, 0.05) is 19.0 Å².